The number of nitrogens with zero attached hydrogens (tertiary/aromatic N) is 4. The van der Waals surface area contributed by atoms with Gasteiger partial charge in [-0.3, -0.25) is 9.48 Å². The third-order valence-corrected chi connectivity index (χ3v) is 4.98. The van der Waals surface area contributed by atoms with Crippen LogP contribution < -0.4 is 5.32 Å². The number of amides is 1. The van der Waals surface area contributed by atoms with Crippen LogP contribution in [0, 0.1) is 11.3 Å². The van der Waals surface area contributed by atoms with Gasteiger partial charge in [-0.1, -0.05) is 30.3 Å². The van der Waals surface area contributed by atoms with Crippen molar-refractivity contribution in [2.24, 2.45) is 0 Å². The summed E-state index contributed by atoms with van der Waals surface area (Å²) in [4.78, 5) is 16.7. The molecule has 166 valence electrons. The summed E-state index contributed by atoms with van der Waals surface area (Å²) < 4.78 is 40.6. The van der Waals surface area contributed by atoms with E-state index in [0.29, 0.717) is 16.8 Å². The first-order valence-electron chi connectivity index (χ1n) is 10.1. The molecular formula is C24H18F3N5O. The van der Waals surface area contributed by atoms with Gasteiger partial charge in [0.05, 0.1) is 35.8 Å². The molecule has 4 rings (SSSR count). The second kappa shape index (κ2) is 9.12. The summed E-state index contributed by atoms with van der Waals surface area (Å²) in [6.07, 6.45) is -2.45. The molecule has 0 atom stereocenters. The number of hydrogen-bond acceptors (Lipinski definition) is 4. The van der Waals surface area contributed by atoms with Gasteiger partial charge in [0.1, 0.15) is 5.69 Å². The highest BCUT2D eigenvalue weighted by atomic mass is 19.4. The van der Waals surface area contributed by atoms with Gasteiger partial charge in [-0.2, -0.15) is 23.5 Å². The highest BCUT2D eigenvalue weighted by molar-refractivity contribution is 5.96. The smallest absolute Gasteiger partial charge is 0.350 e. The Bertz CT molecular complexity index is 1350. The minimum Gasteiger partial charge on any atom is -0.350 e. The second-order valence-electron chi connectivity index (χ2n) is 7.34. The SMILES string of the molecule is N#CCCNC(=O)c1cccc(-c2cccc3nn(Cc4cccc(C(F)(F)F)c4)cc23)n1. The van der Waals surface area contributed by atoms with E-state index in [1.54, 1.807) is 47.3 Å². The molecule has 2 aromatic carbocycles. The third-order valence-electron chi connectivity index (χ3n) is 4.98. The molecule has 33 heavy (non-hydrogen) atoms. The molecule has 0 radical (unpaired) electrons. The van der Waals surface area contributed by atoms with Crippen molar-refractivity contribution in [1.82, 2.24) is 20.1 Å². The van der Waals surface area contributed by atoms with Gasteiger partial charge in [0.2, 0.25) is 0 Å². The van der Waals surface area contributed by atoms with Crippen LogP contribution in [0.1, 0.15) is 28.0 Å². The zero-order chi connectivity index (χ0) is 23.4. The van der Waals surface area contributed by atoms with Crippen LogP contribution in [-0.4, -0.2) is 27.2 Å². The fraction of sp³-hybridized carbons (Fsp3) is 0.167. The Kier molecular flexibility index (Phi) is 6.09. The first kappa shape index (κ1) is 22.0. The van der Waals surface area contributed by atoms with E-state index in [1.807, 2.05) is 12.1 Å². The van der Waals surface area contributed by atoms with Crippen molar-refractivity contribution in [2.45, 2.75) is 19.1 Å². The van der Waals surface area contributed by atoms with Crippen molar-refractivity contribution >= 4 is 16.8 Å². The van der Waals surface area contributed by atoms with Crippen LogP contribution in [0.25, 0.3) is 22.2 Å². The number of pyridine rings is 1. The lowest BCUT2D eigenvalue weighted by Crippen LogP contribution is -2.25. The zero-order valence-corrected chi connectivity index (χ0v) is 17.3. The number of nitriles is 1. The molecular weight excluding hydrogens is 431 g/mol. The van der Waals surface area contributed by atoms with Gasteiger partial charge >= 0.3 is 6.18 Å². The Morgan fingerprint density at radius 3 is 2.67 bits per heavy atom. The summed E-state index contributed by atoms with van der Waals surface area (Å²) in [5.74, 6) is -0.375. The standard InChI is InChI=1S/C24H18F3N5O/c25-24(26,27)17-6-1-5-16(13-17)14-32-15-19-18(7-2-9-21(19)31-32)20-8-3-10-22(30-20)23(33)29-12-4-11-28/h1-3,5-10,13,15H,4,12,14H2,(H,29,33). The lowest BCUT2D eigenvalue weighted by molar-refractivity contribution is -0.137. The zero-order valence-electron chi connectivity index (χ0n) is 17.3. The summed E-state index contributed by atoms with van der Waals surface area (Å²) in [6.45, 7) is 0.409. The molecule has 0 aliphatic rings. The molecule has 1 amide bonds. The van der Waals surface area contributed by atoms with Crippen molar-refractivity contribution in [1.29, 1.82) is 5.26 Å². The summed E-state index contributed by atoms with van der Waals surface area (Å²) in [5.41, 5.74) is 1.96. The maximum absolute atomic E-state index is 13.0. The molecule has 2 heterocycles. The molecule has 0 saturated heterocycles. The van der Waals surface area contributed by atoms with Gasteiger partial charge in [0.25, 0.3) is 5.91 Å². The number of alkyl halides is 3. The number of carbonyl (C=O) groups is 1. The molecule has 0 saturated carbocycles. The number of aromatic nitrogens is 3. The summed E-state index contributed by atoms with van der Waals surface area (Å²) in [6, 6.07) is 17.6. The predicted molar refractivity (Wildman–Crippen MR) is 116 cm³/mol. The Hall–Kier alpha value is -4.19. The average molecular weight is 449 g/mol. The van der Waals surface area contributed by atoms with E-state index < -0.39 is 11.7 Å². The van der Waals surface area contributed by atoms with E-state index in [-0.39, 0.29) is 31.1 Å². The van der Waals surface area contributed by atoms with Crippen LogP contribution in [0.15, 0.2) is 66.9 Å². The van der Waals surface area contributed by atoms with Gasteiger partial charge < -0.3 is 5.32 Å². The van der Waals surface area contributed by atoms with Crippen LogP contribution in [0.3, 0.4) is 0 Å². The third kappa shape index (κ3) is 5.01. The van der Waals surface area contributed by atoms with Gasteiger partial charge in [-0.15, -0.1) is 0 Å². The maximum Gasteiger partial charge on any atom is 0.416 e. The van der Waals surface area contributed by atoms with Gasteiger partial charge in [0.15, 0.2) is 0 Å². The number of benzene rings is 2. The van der Waals surface area contributed by atoms with E-state index in [0.717, 1.165) is 23.1 Å². The Morgan fingerprint density at radius 1 is 1.09 bits per heavy atom. The molecule has 1 N–H and O–H groups in total. The van der Waals surface area contributed by atoms with Crippen molar-refractivity contribution in [3.63, 3.8) is 0 Å². The average Bonchev–Trinajstić information content (AvgIpc) is 3.21. The molecule has 0 spiro atoms. The number of carbonyl (C=O) groups excluding carboxylic acids is 1. The summed E-state index contributed by atoms with van der Waals surface area (Å²) in [5, 5.41) is 16.5. The molecule has 0 aliphatic heterocycles. The van der Waals surface area contributed by atoms with Crippen LogP contribution >= 0.6 is 0 Å². The number of rotatable bonds is 6. The van der Waals surface area contributed by atoms with Gasteiger partial charge in [-0.05, 0) is 35.9 Å². The molecule has 6 nitrogen and oxygen atoms in total. The molecule has 0 aliphatic carbocycles. The summed E-state index contributed by atoms with van der Waals surface area (Å²) >= 11 is 0. The highest BCUT2D eigenvalue weighted by Gasteiger charge is 2.30. The molecule has 0 bridgehead atoms. The largest absolute Gasteiger partial charge is 0.416 e. The molecule has 0 unspecified atom stereocenters. The lowest BCUT2D eigenvalue weighted by Gasteiger charge is -2.08. The van der Waals surface area contributed by atoms with Crippen molar-refractivity contribution in [2.75, 3.05) is 6.54 Å². The minimum atomic E-state index is -4.41. The number of halogens is 3. The topological polar surface area (TPSA) is 83.6 Å². The maximum atomic E-state index is 13.0. The predicted octanol–water partition coefficient (Wildman–Crippen LogP) is 4.81. The van der Waals surface area contributed by atoms with E-state index in [4.69, 9.17) is 5.26 Å². The Morgan fingerprint density at radius 2 is 1.88 bits per heavy atom. The Labute approximate surface area is 187 Å². The van der Waals surface area contributed by atoms with E-state index in [9.17, 15) is 18.0 Å². The van der Waals surface area contributed by atoms with E-state index >= 15 is 0 Å². The first-order valence-corrected chi connectivity index (χ1v) is 10.1. The van der Waals surface area contributed by atoms with Crippen LogP contribution in [0.4, 0.5) is 13.2 Å². The lowest BCUT2D eigenvalue weighted by atomic mass is 10.1. The Balaban J connectivity index is 1.63. The molecule has 2 aromatic heterocycles. The monoisotopic (exact) mass is 449 g/mol. The fourth-order valence-corrected chi connectivity index (χ4v) is 3.46. The van der Waals surface area contributed by atoms with Crippen molar-refractivity contribution < 1.29 is 18.0 Å². The molecule has 4 aromatic rings. The molecule has 9 heteroatoms. The van der Waals surface area contributed by atoms with Crippen molar-refractivity contribution in [3.05, 3.63) is 83.7 Å². The van der Waals surface area contributed by atoms with Crippen LogP contribution in [-0.2, 0) is 12.7 Å². The van der Waals surface area contributed by atoms with E-state index in [2.05, 4.69) is 15.4 Å². The van der Waals surface area contributed by atoms with Gasteiger partial charge in [0, 0.05) is 23.7 Å². The van der Waals surface area contributed by atoms with Crippen molar-refractivity contribution in [3.8, 4) is 17.3 Å². The first-order chi connectivity index (χ1) is 15.8. The fourth-order valence-electron chi connectivity index (χ4n) is 3.46. The summed E-state index contributed by atoms with van der Waals surface area (Å²) in [7, 11) is 0. The number of hydrogen-bond donors (Lipinski definition) is 1. The highest BCUT2D eigenvalue weighted by Crippen LogP contribution is 2.30. The molecule has 0 fully saturated rings. The van der Waals surface area contributed by atoms with Gasteiger partial charge in [-0.25, -0.2) is 4.98 Å². The number of fused-ring (bicyclic) bond motifs is 1. The van der Waals surface area contributed by atoms with E-state index in [1.165, 1.54) is 6.07 Å². The quantitative estimate of drug-likeness (QED) is 0.428. The second-order valence-corrected chi connectivity index (χ2v) is 7.34. The van der Waals surface area contributed by atoms with Crippen LogP contribution in [0.5, 0.6) is 0 Å². The minimum absolute atomic E-state index is 0.173. The number of nitrogens with one attached hydrogen (secondary N) is 1. The normalized spacial score (nSPS) is 11.3. The van der Waals surface area contributed by atoms with Crippen LogP contribution in [0.2, 0.25) is 0 Å².